The highest BCUT2D eigenvalue weighted by atomic mass is 35.5. The molecule has 2 rings (SSSR count). The van der Waals surface area contributed by atoms with Gasteiger partial charge in [0, 0.05) is 39.3 Å². The SMILES string of the molecule is CC1CN(Cc2nc(N)nc(N(C)C)n2)CC(C)N1.Cl. The third-order valence-corrected chi connectivity index (χ3v) is 3.09. The zero-order chi connectivity index (χ0) is 14.0. The second kappa shape index (κ2) is 7.01. The summed E-state index contributed by atoms with van der Waals surface area (Å²) in [5, 5.41) is 3.51. The van der Waals surface area contributed by atoms with Crippen molar-refractivity contribution in [1.82, 2.24) is 25.2 Å². The van der Waals surface area contributed by atoms with Gasteiger partial charge in [0.25, 0.3) is 0 Å². The third kappa shape index (κ3) is 4.43. The van der Waals surface area contributed by atoms with E-state index < -0.39 is 0 Å². The fraction of sp³-hybridized carbons (Fsp3) is 0.750. The molecule has 2 heterocycles. The van der Waals surface area contributed by atoms with Crippen molar-refractivity contribution in [2.45, 2.75) is 32.5 Å². The van der Waals surface area contributed by atoms with E-state index in [-0.39, 0.29) is 18.4 Å². The molecular weight excluding hydrogens is 278 g/mol. The minimum absolute atomic E-state index is 0. The van der Waals surface area contributed by atoms with E-state index >= 15 is 0 Å². The first-order valence-corrected chi connectivity index (χ1v) is 6.60. The Morgan fingerprint density at radius 1 is 1.20 bits per heavy atom. The molecule has 1 aromatic rings. The normalized spacial score (nSPS) is 23.2. The van der Waals surface area contributed by atoms with Crippen LogP contribution in [0.25, 0.3) is 0 Å². The van der Waals surface area contributed by atoms with Crippen molar-refractivity contribution >= 4 is 24.3 Å². The maximum atomic E-state index is 5.74. The van der Waals surface area contributed by atoms with Crippen LogP contribution < -0.4 is 16.0 Å². The van der Waals surface area contributed by atoms with E-state index in [9.17, 15) is 0 Å². The lowest BCUT2D eigenvalue weighted by atomic mass is 10.1. The lowest BCUT2D eigenvalue weighted by molar-refractivity contribution is 0.163. The van der Waals surface area contributed by atoms with Gasteiger partial charge in [-0.1, -0.05) is 0 Å². The van der Waals surface area contributed by atoms with Gasteiger partial charge in [0.15, 0.2) is 0 Å². The van der Waals surface area contributed by atoms with Crippen molar-refractivity contribution in [3.63, 3.8) is 0 Å². The van der Waals surface area contributed by atoms with E-state index in [1.807, 2.05) is 19.0 Å². The molecule has 1 saturated heterocycles. The zero-order valence-corrected chi connectivity index (χ0v) is 13.3. The van der Waals surface area contributed by atoms with Crippen LogP contribution in [0, 0.1) is 0 Å². The Hall–Kier alpha value is -1.18. The van der Waals surface area contributed by atoms with Crippen LogP contribution in [-0.4, -0.2) is 59.1 Å². The number of rotatable bonds is 3. The highest BCUT2D eigenvalue weighted by Crippen LogP contribution is 2.10. The highest BCUT2D eigenvalue weighted by Gasteiger charge is 2.22. The fourth-order valence-electron chi connectivity index (χ4n) is 2.47. The largest absolute Gasteiger partial charge is 0.368 e. The Labute approximate surface area is 126 Å². The summed E-state index contributed by atoms with van der Waals surface area (Å²) < 4.78 is 0. The number of piperazine rings is 1. The average molecular weight is 302 g/mol. The average Bonchev–Trinajstić information content (AvgIpc) is 2.26. The van der Waals surface area contributed by atoms with Gasteiger partial charge in [0.05, 0.1) is 6.54 Å². The molecule has 0 aliphatic carbocycles. The number of hydrogen-bond acceptors (Lipinski definition) is 7. The van der Waals surface area contributed by atoms with Crippen LogP contribution in [0.2, 0.25) is 0 Å². The van der Waals surface area contributed by atoms with Gasteiger partial charge < -0.3 is 16.0 Å². The molecule has 7 nitrogen and oxygen atoms in total. The number of nitrogens with zero attached hydrogens (tertiary/aromatic N) is 5. The first-order valence-electron chi connectivity index (χ1n) is 6.60. The Bertz CT molecular complexity index is 430. The Balaban J connectivity index is 0.00000200. The van der Waals surface area contributed by atoms with Gasteiger partial charge in [0.2, 0.25) is 11.9 Å². The number of nitrogens with two attached hydrogens (primary N) is 1. The van der Waals surface area contributed by atoms with Crippen LogP contribution in [0.1, 0.15) is 19.7 Å². The molecule has 0 spiro atoms. The molecular formula is C12H24ClN7. The number of aromatic nitrogens is 3. The van der Waals surface area contributed by atoms with E-state index in [0.717, 1.165) is 18.9 Å². The quantitative estimate of drug-likeness (QED) is 0.820. The van der Waals surface area contributed by atoms with Gasteiger partial charge in [-0.25, -0.2) is 0 Å². The molecule has 1 aromatic heterocycles. The third-order valence-electron chi connectivity index (χ3n) is 3.09. The van der Waals surface area contributed by atoms with Crippen LogP contribution in [0.3, 0.4) is 0 Å². The smallest absolute Gasteiger partial charge is 0.229 e. The van der Waals surface area contributed by atoms with Crippen molar-refractivity contribution in [1.29, 1.82) is 0 Å². The van der Waals surface area contributed by atoms with E-state index in [1.54, 1.807) is 0 Å². The molecule has 2 unspecified atom stereocenters. The zero-order valence-electron chi connectivity index (χ0n) is 12.5. The number of anilines is 2. The summed E-state index contributed by atoms with van der Waals surface area (Å²) in [4.78, 5) is 17.0. The molecule has 1 aliphatic rings. The first-order chi connectivity index (χ1) is 8.94. The predicted octanol–water partition coefficient (Wildman–Crippen LogP) is 0.124. The molecule has 8 heteroatoms. The molecule has 0 radical (unpaired) electrons. The standard InChI is InChI=1S/C12H23N7.ClH/c1-8-5-19(6-9(2)14-8)7-10-15-11(13)17-12(16-10)18(3)4;/h8-9,14H,5-7H2,1-4H3,(H2,13,15,16,17);1H. The number of hydrogen-bond donors (Lipinski definition) is 2. The molecule has 1 fully saturated rings. The predicted molar refractivity (Wildman–Crippen MR) is 83.2 cm³/mol. The minimum Gasteiger partial charge on any atom is -0.368 e. The number of nitrogen functional groups attached to an aromatic ring is 1. The van der Waals surface area contributed by atoms with Crippen LogP contribution in [0.4, 0.5) is 11.9 Å². The maximum absolute atomic E-state index is 5.74. The van der Waals surface area contributed by atoms with Crippen LogP contribution in [-0.2, 0) is 6.54 Å². The summed E-state index contributed by atoms with van der Waals surface area (Å²) in [6, 6.07) is 0.965. The molecule has 1 aliphatic heterocycles. The van der Waals surface area contributed by atoms with E-state index in [2.05, 4.69) is 39.0 Å². The summed E-state index contributed by atoms with van der Waals surface area (Å²) in [5.41, 5.74) is 5.74. The number of nitrogens with one attached hydrogen (secondary N) is 1. The Morgan fingerprint density at radius 2 is 1.80 bits per heavy atom. The topological polar surface area (TPSA) is 83.2 Å². The molecule has 114 valence electrons. The molecule has 20 heavy (non-hydrogen) atoms. The summed E-state index contributed by atoms with van der Waals surface area (Å²) in [7, 11) is 3.79. The molecule has 0 amide bonds. The summed E-state index contributed by atoms with van der Waals surface area (Å²) >= 11 is 0. The van der Waals surface area contributed by atoms with E-state index in [1.165, 1.54) is 0 Å². The molecule has 0 saturated carbocycles. The second-order valence-corrected chi connectivity index (χ2v) is 5.47. The van der Waals surface area contributed by atoms with Gasteiger partial charge in [0.1, 0.15) is 5.82 Å². The maximum Gasteiger partial charge on any atom is 0.229 e. The summed E-state index contributed by atoms with van der Waals surface area (Å²) in [6.07, 6.45) is 0. The second-order valence-electron chi connectivity index (χ2n) is 5.47. The van der Waals surface area contributed by atoms with Crippen molar-refractivity contribution in [2.75, 3.05) is 37.8 Å². The van der Waals surface area contributed by atoms with Crippen LogP contribution >= 0.6 is 12.4 Å². The van der Waals surface area contributed by atoms with Crippen molar-refractivity contribution in [3.05, 3.63) is 5.82 Å². The molecule has 0 bridgehead atoms. The van der Waals surface area contributed by atoms with Gasteiger partial charge in [-0.15, -0.1) is 12.4 Å². The van der Waals surface area contributed by atoms with Crippen LogP contribution in [0.15, 0.2) is 0 Å². The molecule has 0 aromatic carbocycles. The lowest BCUT2D eigenvalue weighted by Gasteiger charge is -2.35. The Kier molecular flexibility index (Phi) is 5.91. The van der Waals surface area contributed by atoms with E-state index in [4.69, 9.17) is 5.73 Å². The minimum atomic E-state index is 0. The summed E-state index contributed by atoms with van der Waals surface area (Å²) in [5.74, 6) is 1.63. The van der Waals surface area contributed by atoms with E-state index in [0.29, 0.717) is 24.6 Å². The van der Waals surface area contributed by atoms with Crippen molar-refractivity contribution in [2.24, 2.45) is 0 Å². The number of halogens is 1. The highest BCUT2D eigenvalue weighted by molar-refractivity contribution is 5.85. The van der Waals surface area contributed by atoms with Gasteiger partial charge in [-0.3, -0.25) is 4.90 Å². The van der Waals surface area contributed by atoms with Crippen molar-refractivity contribution < 1.29 is 0 Å². The van der Waals surface area contributed by atoms with Gasteiger partial charge in [-0.05, 0) is 13.8 Å². The fourth-order valence-corrected chi connectivity index (χ4v) is 2.47. The lowest BCUT2D eigenvalue weighted by Crippen LogP contribution is -2.53. The molecule has 3 N–H and O–H groups in total. The first kappa shape index (κ1) is 16.9. The van der Waals surface area contributed by atoms with Gasteiger partial charge >= 0.3 is 0 Å². The van der Waals surface area contributed by atoms with Crippen LogP contribution in [0.5, 0.6) is 0 Å². The van der Waals surface area contributed by atoms with Crippen molar-refractivity contribution in [3.8, 4) is 0 Å². The summed E-state index contributed by atoms with van der Waals surface area (Å²) in [6.45, 7) is 7.08. The Morgan fingerprint density at radius 3 is 2.35 bits per heavy atom. The van der Waals surface area contributed by atoms with Gasteiger partial charge in [-0.2, -0.15) is 15.0 Å². The molecule has 2 atom stereocenters. The monoisotopic (exact) mass is 301 g/mol.